The molecule has 0 unspecified atom stereocenters. The van der Waals surface area contributed by atoms with Gasteiger partial charge in [0.15, 0.2) is 5.78 Å². The second-order valence-electron chi connectivity index (χ2n) is 13.3. The predicted molar refractivity (Wildman–Crippen MR) is 194 cm³/mol. The Bertz CT molecular complexity index is 1930. The SMILES string of the molecule is CN(C)c1ccc(-c2nc3ccc(C(=O)CC4CCC(NC(=O)c5ccc6nc(-c7ccc(N(C)C)cc7)[nH]c6c5)CC4)cc3[nH]2)cc1. The van der Waals surface area contributed by atoms with Gasteiger partial charge in [-0.3, -0.25) is 9.59 Å². The van der Waals surface area contributed by atoms with Crippen LogP contribution >= 0.6 is 0 Å². The van der Waals surface area contributed by atoms with Crippen molar-refractivity contribution in [1.82, 2.24) is 25.3 Å². The van der Waals surface area contributed by atoms with Crippen LogP contribution in [0.1, 0.15) is 52.8 Å². The molecule has 1 aliphatic rings. The zero-order chi connectivity index (χ0) is 33.4. The van der Waals surface area contributed by atoms with Crippen LogP contribution in [0.25, 0.3) is 44.8 Å². The molecule has 0 radical (unpaired) electrons. The number of aromatic amines is 2. The van der Waals surface area contributed by atoms with Gasteiger partial charge in [0, 0.05) is 74.3 Å². The zero-order valence-electron chi connectivity index (χ0n) is 27.9. The number of H-pyrrole nitrogens is 2. The predicted octanol–water partition coefficient (Wildman–Crippen LogP) is 7.47. The van der Waals surface area contributed by atoms with Crippen LogP contribution in [-0.4, -0.2) is 65.9 Å². The molecule has 0 bridgehead atoms. The number of hydrogen-bond acceptors (Lipinski definition) is 6. The van der Waals surface area contributed by atoms with Gasteiger partial charge in [0.2, 0.25) is 0 Å². The van der Waals surface area contributed by atoms with Gasteiger partial charge in [-0.1, -0.05) is 0 Å². The number of hydrogen-bond donors (Lipinski definition) is 3. The van der Waals surface area contributed by atoms with Crippen LogP contribution in [0.5, 0.6) is 0 Å². The standard InChI is InChI=1S/C39H41N7O2/c1-45(2)30-15-7-25(8-16-30)37-41-32-19-11-27(22-34(32)43-37)36(47)21-24-5-13-29(14-6-24)40-39(48)28-12-20-33-35(23-28)44-38(42-33)26-9-17-31(18-10-26)46(3)4/h7-12,15-20,22-24,29H,5-6,13-14,21H2,1-4H3,(H,40,48)(H,41,43)(H,42,44). The quantitative estimate of drug-likeness (QED) is 0.142. The topological polar surface area (TPSA) is 110 Å². The highest BCUT2D eigenvalue weighted by Gasteiger charge is 2.25. The van der Waals surface area contributed by atoms with Crippen molar-refractivity contribution in [1.29, 1.82) is 0 Å². The van der Waals surface area contributed by atoms with Gasteiger partial charge in [-0.15, -0.1) is 0 Å². The molecule has 0 atom stereocenters. The first kappa shape index (κ1) is 31.2. The van der Waals surface area contributed by atoms with Gasteiger partial charge in [-0.05, 0) is 117 Å². The van der Waals surface area contributed by atoms with Crippen LogP contribution in [0.2, 0.25) is 0 Å². The Labute approximate surface area is 280 Å². The minimum absolute atomic E-state index is 0.0798. The Balaban J connectivity index is 0.930. The van der Waals surface area contributed by atoms with E-state index in [0.717, 1.165) is 81.9 Å². The van der Waals surface area contributed by atoms with E-state index < -0.39 is 0 Å². The summed E-state index contributed by atoms with van der Waals surface area (Å²) < 4.78 is 0. The lowest BCUT2D eigenvalue weighted by atomic mass is 9.82. The monoisotopic (exact) mass is 639 g/mol. The van der Waals surface area contributed by atoms with Gasteiger partial charge in [0.1, 0.15) is 11.6 Å². The van der Waals surface area contributed by atoms with Crippen molar-refractivity contribution in [2.45, 2.75) is 38.1 Å². The van der Waals surface area contributed by atoms with Crippen LogP contribution in [0.4, 0.5) is 11.4 Å². The van der Waals surface area contributed by atoms with Gasteiger partial charge in [-0.2, -0.15) is 0 Å². The van der Waals surface area contributed by atoms with Gasteiger partial charge < -0.3 is 25.1 Å². The van der Waals surface area contributed by atoms with Gasteiger partial charge >= 0.3 is 0 Å². The normalized spacial score (nSPS) is 16.2. The summed E-state index contributed by atoms with van der Waals surface area (Å²) in [5.74, 6) is 1.95. The molecule has 1 aliphatic carbocycles. The van der Waals surface area contributed by atoms with Gasteiger partial charge in [0.25, 0.3) is 5.91 Å². The molecule has 0 aliphatic heterocycles. The fourth-order valence-corrected chi connectivity index (χ4v) is 6.60. The lowest BCUT2D eigenvalue weighted by Crippen LogP contribution is -2.37. The second kappa shape index (κ2) is 13.0. The molecule has 244 valence electrons. The number of nitrogens with one attached hydrogen (secondary N) is 3. The van der Waals surface area contributed by atoms with Crippen molar-refractivity contribution in [2.24, 2.45) is 5.92 Å². The molecule has 1 amide bonds. The number of aromatic nitrogens is 4. The van der Waals surface area contributed by atoms with Crippen LogP contribution in [0.3, 0.4) is 0 Å². The highest BCUT2D eigenvalue weighted by Crippen LogP contribution is 2.30. The third-order valence-corrected chi connectivity index (χ3v) is 9.52. The summed E-state index contributed by atoms with van der Waals surface area (Å²) in [7, 11) is 8.07. The van der Waals surface area contributed by atoms with E-state index in [9.17, 15) is 9.59 Å². The van der Waals surface area contributed by atoms with Crippen molar-refractivity contribution in [2.75, 3.05) is 38.0 Å². The number of carbonyl (C=O) groups excluding carboxylic acids is 2. The molecule has 0 spiro atoms. The zero-order valence-corrected chi connectivity index (χ0v) is 27.9. The van der Waals surface area contributed by atoms with E-state index >= 15 is 0 Å². The highest BCUT2D eigenvalue weighted by atomic mass is 16.1. The number of carbonyl (C=O) groups is 2. The van der Waals surface area contributed by atoms with E-state index in [-0.39, 0.29) is 17.7 Å². The van der Waals surface area contributed by atoms with Crippen molar-refractivity contribution in [3.8, 4) is 22.8 Å². The average molecular weight is 640 g/mol. The summed E-state index contributed by atoms with van der Waals surface area (Å²) in [6.07, 6.45) is 4.05. The molecule has 2 aromatic heterocycles. The van der Waals surface area contributed by atoms with Crippen LogP contribution in [0, 0.1) is 5.92 Å². The third-order valence-electron chi connectivity index (χ3n) is 9.52. The first-order valence-corrected chi connectivity index (χ1v) is 16.6. The summed E-state index contributed by atoms with van der Waals surface area (Å²) in [5.41, 5.74) is 8.94. The maximum Gasteiger partial charge on any atom is 0.251 e. The Kier molecular flexibility index (Phi) is 8.43. The summed E-state index contributed by atoms with van der Waals surface area (Å²) >= 11 is 0. The van der Waals surface area contributed by atoms with E-state index in [0.29, 0.717) is 23.5 Å². The van der Waals surface area contributed by atoms with E-state index in [1.165, 1.54) is 0 Å². The minimum atomic E-state index is -0.0798. The molecule has 1 fully saturated rings. The number of benzene rings is 4. The van der Waals surface area contributed by atoms with E-state index in [2.05, 4.69) is 61.5 Å². The Morgan fingerprint density at radius 2 is 1.15 bits per heavy atom. The Morgan fingerprint density at radius 1 is 0.667 bits per heavy atom. The summed E-state index contributed by atoms with van der Waals surface area (Å²) in [5, 5.41) is 3.23. The third kappa shape index (κ3) is 6.53. The molecule has 4 aromatic carbocycles. The number of Topliss-reactive ketones (excluding diaryl/α,β-unsaturated/α-hetero) is 1. The number of fused-ring (bicyclic) bond motifs is 2. The smallest absolute Gasteiger partial charge is 0.251 e. The summed E-state index contributed by atoms with van der Waals surface area (Å²) in [4.78, 5) is 46.9. The molecule has 9 nitrogen and oxygen atoms in total. The highest BCUT2D eigenvalue weighted by molar-refractivity contribution is 5.99. The Morgan fingerprint density at radius 3 is 1.65 bits per heavy atom. The number of imidazole rings is 2. The van der Waals surface area contributed by atoms with Gasteiger partial charge in [0.05, 0.1) is 22.1 Å². The van der Waals surface area contributed by atoms with Crippen molar-refractivity contribution in [3.63, 3.8) is 0 Å². The molecule has 2 heterocycles. The number of anilines is 2. The van der Waals surface area contributed by atoms with E-state index in [1.54, 1.807) is 0 Å². The lowest BCUT2D eigenvalue weighted by molar-refractivity contribution is 0.0897. The maximum absolute atomic E-state index is 13.3. The van der Waals surface area contributed by atoms with Crippen molar-refractivity contribution < 1.29 is 9.59 Å². The molecule has 3 N–H and O–H groups in total. The average Bonchev–Trinajstić information content (AvgIpc) is 3.73. The minimum Gasteiger partial charge on any atom is -0.378 e. The van der Waals surface area contributed by atoms with Gasteiger partial charge in [-0.25, -0.2) is 9.97 Å². The maximum atomic E-state index is 13.3. The lowest BCUT2D eigenvalue weighted by Gasteiger charge is -2.28. The molecular weight excluding hydrogens is 598 g/mol. The second-order valence-corrected chi connectivity index (χ2v) is 13.3. The van der Waals surface area contributed by atoms with Crippen LogP contribution < -0.4 is 15.1 Å². The van der Waals surface area contributed by atoms with E-state index in [1.807, 2.05) is 76.7 Å². The number of ketones is 1. The number of amides is 1. The van der Waals surface area contributed by atoms with Crippen LogP contribution in [0.15, 0.2) is 84.9 Å². The first-order valence-electron chi connectivity index (χ1n) is 16.6. The number of nitrogens with zero attached hydrogens (tertiary/aromatic N) is 4. The fraction of sp³-hybridized carbons (Fsp3) is 0.282. The molecule has 0 saturated heterocycles. The first-order chi connectivity index (χ1) is 23.2. The number of rotatable bonds is 9. The molecule has 6 aromatic rings. The molecule has 7 rings (SSSR count). The molecule has 48 heavy (non-hydrogen) atoms. The summed E-state index contributed by atoms with van der Waals surface area (Å²) in [6.45, 7) is 0. The molecular formula is C39H41N7O2. The van der Waals surface area contributed by atoms with Crippen LogP contribution in [-0.2, 0) is 0 Å². The van der Waals surface area contributed by atoms with Crippen molar-refractivity contribution in [3.05, 3.63) is 96.1 Å². The summed E-state index contributed by atoms with van der Waals surface area (Å²) in [6, 6.07) is 27.9. The largest absolute Gasteiger partial charge is 0.378 e. The Hall–Kier alpha value is -5.44. The van der Waals surface area contributed by atoms with E-state index in [4.69, 9.17) is 9.97 Å². The van der Waals surface area contributed by atoms with Crippen molar-refractivity contribution >= 4 is 45.1 Å². The molecule has 1 saturated carbocycles. The fourth-order valence-electron chi connectivity index (χ4n) is 6.60. The molecule has 9 heteroatoms.